The Morgan fingerprint density at radius 3 is 2.95 bits per heavy atom. The third kappa shape index (κ3) is 3.60. The van der Waals surface area contributed by atoms with Crippen molar-refractivity contribution in [2.45, 2.75) is 46.1 Å². The van der Waals surface area contributed by atoms with Crippen molar-refractivity contribution in [1.82, 2.24) is 10.2 Å². The molecule has 0 spiro atoms. The molecular formula is C17H26N2O. The number of nitrogens with one attached hydrogen (secondary N) is 1. The molecule has 20 heavy (non-hydrogen) atoms. The van der Waals surface area contributed by atoms with Crippen LogP contribution in [0.5, 0.6) is 0 Å². The second-order valence-electron chi connectivity index (χ2n) is 5.86. The maximum atomic E-state index is 12.7. The Morgan fingerprint density at radius 2 is 2.20 bits per heavy atom. The van der Waals surface area contributed by atoms with Crippen molar-refractivity contribution in [3.63, 3.8) is 0 Å². The summed E-state index contributed by atoms with van der Waals surface area (Å²) < 4.78 is 0. The van der Waals surface area contributed by atoms with Gasteiger partial charge in [0.25, 0.3) is 5.91 Å². The fourth-order valence-electron chi connectivity index (χ4n) is 2.81. The lowest BCUT2D eigenvalue weighted by atomic mass is 10.0. The van der Waals surface area contributed by atoms with E-state index in [9.17, 15) is 4.79 Å². The molecule has 1 fully saturated rings. The van der Waals surface area contributed by atoms with Crippen molar-refractivity contribution in [3.8, 4) is 0 Å². The second kappa shape index (κ2) is 6.89. The molecule has 2 rings (SSSR count). The Kier molecular flexibility index (Phi) is 5.18. The lowest BCUT2D eigenvalue weighted by Gasteiger charge is -2.33. The summed E-state index contributed by atoms with van der Waals surface area (Å²) in [6, 6.07) is 6.58. The predicted octanol–water partition coefficient (Wildman–Crippen LogP) is 2.91. The molecule has 1 aromatic carbocycles. The van der Waals surface area contributed by atoms with E-state index in [0.717, 1.165) is 49.2 Å². The van der Waals surface area contributed by atoms with E-state index in [2.05, 4.69) is 18.3 Å². The number of benzene rings is 1. The fraction of sp³-hybridized carbons (Fsp3) is 0.588. The van der Waals surface area contributed by atoms with Gasteiger partial charge in [-0.3, -0.25) is 4.79 Å². The van der Waals surface area contributed by atoms with Crippen LogP contribution in [-0.4, -0.2) is 36.5 Å². The Hall–Kier alpha value is -1.35. The Labute approximate surface area is 122 Å². The number of hydrogen-bond acceptors (Lipinski definition) is 2. The monoisotopic (exact) mass is 274 g/mol. The molecule has 110 valence electrons. The van der Waals surface area contributed by atoms with Crippen LogP contribution in [0.1, 0.15) is 47.7 Å². The highest BCUT2D eigenvalue weighted by atomic mass is 16.2. The van der Waals surface area contributed by atoms with E-state index in [1.165, 1.54) is 6.42 Å². The molecule has 0 aliphatic carbocycles. The first-order valence-electron chi connectivity index (χ1n) is 7.71. The largest absolute Gasteiger partial charge is 0.337 e. The Balaban J connectivity index is 2.06. The van der Waals surface area contributed by atoms with Crippen molar-refractivity contribution in [2.24, 2.45) is 0 Å². The van der Waals surface area contributed by atoms with Gasteiger partial charge in [0.2, 0.25) is 0 Å². The summed E-state index contributed by atoms with van der Waals surface area (Å²) in [4.78, 5) is 14.7. The van der Waals surface area contributed by atoms with Crippen LogP contribution < -0.4 is 5.32 Å². The first kappa shape index (κ1) is 15.0. The molecule has 3 nitrogen and oxygen atoms in total. The summed E-state index contributed by atoms with van der Waals surface area (Å²) >= 11 is 0. The van der Waals surface area contributed by atoms with Crippen LogP contribution in [0.2, 0.25) is 0 Å². The molecule has 1 aromatic rings. The molecule has 0 saturated carbocycles. The van der Waals surface area contributed by atoms with Crippen molar-refractivity contribution in [2.75, 3.05) is 19.6 Å². The van der Waals surface area contributed by atoms with E-state index >= 15 is 0 Å². The van der Waals surface area contributed by atoms with Crippen LogP contribution in [-0.2, 0) is 0 Å². The molecule has 0 bridgehead atoms. The summed E-state index contributed by atoms with van der Waals surface area (Å²) in [5.41, 5.74) is 3.09. The van der Waals surface area contributed by atoms with E-state index in [0.29, 0.717) is 6.04 Å². The molecule has 1 aliphatic rings. The van der Waals surface area contributed by atoms with Gasteiger partial charge in [0.1, 0.15) is 0 Å². The number of piperidine rings is 1. The van der Waals surface area contributed by atoms with Crippen LogP contribution in [0.3, 0.4) is 0 Å². The molecule has 1 atom stereocenters. The van der Waals surface area contributed by atoms with E-state index in [4.69, 9.17) is 0 Å². The Morgan fingerprint density at radius 1 is 1.40 bits per heavy atom. The van der Waals surface area contributed by atoms with Crippen molar-refractivity contribution < 1.29 is 4.79 Å². The Bertz CT molecular complexity index is 470. The van der Waals surface area contributed by atoms with Gasteiger partial charge in [-0.15, -0.1) is 0 Å². The van der Waals surface area contributed by atoms with Crippen LogP contribution in [0.4, 0.5) is 0 Å². The van der Waals surface area contributed by atoms with Crippen LogP contribution in [0, 0.1) is 13.8 Å². The van der Waals surface area contributed by atoms with Crippen LogP contribution >= 0.6 is 0 Å². The lowest BCUT2D eigenvalue weighted by Crippen LogP contribution is -2.48. The van der Waals surface area contributed by atoms with E-state index in [1.54, 1.807) is 0 Å². The van der Waals surface area contributed by atoms with E-state index in [-0.39, 0.29) is 5.91 Å². The minimum absolute atomic E-state index is 0.189. The van der Waals surface area contributed by atoms with E-state index < -0.39 is 0 Å². The van der Waals surface area contributed by atoms with Crippen molar-refractivity contribution >= 4 is 5.91 Å². The summed E-state index contributed by atoms with van der Waals surface area (Å²) in [6.45, 7) is 9.00. The van der Waals surface area contributed by atoms with Gasteiger partial charge < -0.3 is 10.2 Å². The van der Waals surface area contributed by atoms with Gasteiger partial charge in [0.05, 0.1) is 0 Å². The van der Waals surface area contributed by atoms with Crippen molar-refractivity contribution in [1.29, 1.82) is 0 Å². The van der Waals surface area contributed by atoms with Crippen molar-refractivity contribution in [3.05, 3.63) is 34.9 Å². The van der Waals surface area contributed by atoms with Gasteiger partial charge in [0, 0.05) is 24.7 Å². The number of carbonyl (C=O) groups excluding carboxylic acids is 1. The van der Waals surface area contributed by atoms with Gasteiger partial charge in [-0.2, -0.15) is 0 Å². The number of aryl methyl sites for hydroxylation is 2. The highest BCUT2D eigenvalue weighted by molar-refractivity contribution is 5.95. The number of rotatable bonds is 4. The van der Waals surface area contributed by atoms with Gasteiger partial charge in [-0.05, 0) is 51.3 Å². The molecule has 1 amide bonds. The number of carbonyl (C=O) groups is 1. The smallest absolute Gasteiger partial charge is 0.254 e. The topological polar surface area (TPSA) is 32.3 Å². The molecule has 1 saturated heterocycles. The molecule has 1 aliphatic heterocycles. The zero-order chi connectivity index (χ0) is 14.5. The maximum Gasteiger partial charge on any atom is 0.254 e. The third-order valence-corrected chi connectivity index (χ3v) is 4.02. The first-order chi connectivity index (χ1) is 9.61. The zero-order valence-corrected chi connectivity index (χ0v) is 12.9. The number of hydrogen-bond donors (Lipinski definition) is 1. The first-order valence-corrected chi connectivity index (χ1v) is 7.71. The molecule has 1 N–H and O–H groups in total. The highest BCUT2D eigenvalue weighted by Crippen LogP contribution is 2.17. The third-order valence-electron chi connectivity index (χ3n) is 4.02. The van der Waals surface area contributed by atoms with Crippen LogP contribution in [0.25, 0.3) is 0 Å². The standard InChI is InChI=1S/C17H26N2O/c1-4-9-18-15-6-5-10-19(12-15)17(20)16-11-13(2)7-8-14(16)3/h7-8,11,15,18H,4-6,9-10,12H2,1-3H3. The highest BCUT2D eigenvalue weighted by Gasteiger charge is 2.24. The average molecular weight is 274 g/mol. The quantitative estimate of drug-likeness (QED) is 0.915. The zero-order valence-electron chi connectivity index (χ0n) is 12.9. The molecule has 1 heterocycles. The minimum atomic E-state index is 0.189. The van der Waals surface area contributed by atoms with Gasteiger partial charge in [-0.1, -0.05) is 24.6 Å². The summed E-state index contributed by atoms with van der Waals surface area (Å²) in [5.74, 6) is 0.189. The molecule has 0 aromatic heterocycles. The van der Waals surface area contributed by atoms with Gasteiger partial charge in [0.15, 0.2) is 0 Å². The van der Waals surface area contributed by atoms with Gasteiger partial charge in [-0.25, -0.2) is 0 Å². The number of likely N-dealkylation sites (tertiary alicyclic amines) is 1. The second-order valence-corrected chi connectivity index (χ2v) is 5.86. The fourth-order valence-corrected chi connectivity index (χ4v) is 2.81. The molecule has 1 unspecified atom stereocenters. The summed E-state index contributed by atoms with van der Waals surface area (Å²) in [7, 11) is 0. The normalized spacial score (nSPS) is 19.1. The SMILES string of the molecule is CCCNC1CCCN(C(=O)c2cc(C)ccc2C)C1. The number of amides is 1. The summed E-state index contributed by atoms with van der Waals surface area (Å²) in [6.07, 6.45) is 3.41. The van der Waals surface area contributed by atoms with E-state index in [1.807, 2.05) is 30.9 Å². The molecule has 0 radical (unpaired) electrons. The minimum Gasteiger partial charge on any atom is -0.337 e. The maximum absolute atomic E-state index is 12.7. The molecular weight excluding hydrogens is 248 g/mol. The lowest BCUT2D eigenvalue weighted by molar-refractivity contribution is 0.0694. The van der Waals surface area contributed by atoms with Gasteiger partial charge >= 0.3 is 0 Å². The summed E-state index contributed by atoms with van der Waals surface area (Å²) in [5, 5.41) is 3.54. The van der Waals surface area contributed by atoms with Crippen LogP contribution in [0.15, 0.2) is 18.2 Å². The number of nitrogens with zero attached hydrogens (tertiary/aromatic N) is 1. The predicted molar refractivity (Wildman–Crippen MR) is 83.1 cm³/mol. The molecule has 3 heteroatoms. The average Bonchev–Trinajstić information content (AvgIpc) is 2.47.